The van der Waals surface area contributed by atoms with Crippen molar-refractivity contribution in [3.8, 4) is 0 Å². The molecule has 2 unspecified atom stereocenters. The average Bonchev–Trinajstić information content (AvgIpc) is 2.66. The topological polar surface area (TPSA) is 78.6 Å². The zero-order valence-electron chi connectivity index (χ0n) is 10.1. The molecule has 0 aliphatic carbocycles. The molecule has 1 heterocycles. The molecule has 0 aromatic rings. The molecule has 0 saturated carbocycles. The molecule has 2 atom stereocenters. The van der Waals surface area contributed by atoms with Crippen LogP contribution in [0.3, 0.4) is 0 Å². The molecule has 1 aliphatic heterocycles. The van der Waals surface area contributed by atoms with Crippen molar-refractivity contribution >= 4 is 5.91 Å². The number of carbonyl (C=O) groups excluding carboxylic acids is 1. The highest BCUT2D eigenvalue weighted by atomic mass is 16.3. The Morgan fingerprint density at radius 2 is 2.31 bits per heavy atom. The van der Waals surface area contributed by atoms with E-state index in [9.17, 15) is 4.79 Å². The molecule has 5 heteroatoms. The standard InChI is InChI=1S/C11H23N3O2/c1-8(2)10(11(16)13-12)14-5-3-9(7-14)4-6-15/h8-10,15H,3-7,12H2,1-2H3,(H,13,16). The number of hydrogen-bond acceptors (Lipinski definition) is 4. The number of amides is 1. The van der Waals surface area contributed by atoms with Gasteiger partial charge in [0.1, 0.15) is 0 Å². The van der Waals surface area contributed by atoms with Gasteiger partial charge in [-0.1, -0.05) is 13.8 Å². The summed E-state index contributed by atoms with van der Waals surface area (Å²) >= 11 is 0. The number of nitrogens with one attached hydrogen (secondary N) is 1. The van der Waals surface area contributed by atoms with E-state index in [1.165, 1.54) is 0 Å². The SMILES string of the molecule is CC(C)C(C(=O)NN)N1CCC(CCO)C1. The number of aliphatic hydroxyl groups is 1. The van der Waals surface area contributed by atoms with Crippen molar-refractivity contribution in [2.75, 3.05) is 19.7 Å². The lowest BCUT2D eigenvalue weighted by Crippen LogP contribution is -2.51. The van der Waals surface area contributed by atoms with Crippen LogP contribution < -0.4 is 11.3 Å². The molecule has 16 heavy (non-hydrogen) atoms. The molecule has 1 rings (SSSR count). The number of nitrogens with zero attached hydrogens (tertiary/aromatic N) is 1. The van der Waals surface area contributed by atoms with E-state index in [1.54, 1.807) is 0 Å². The summed E-state index contributed by atoms with van der Waals surface area (Å²) in [6.45, 7) is 6.09. The molecular weight excluding hydrogens is 206 g/mol. The first kappa shape index (κ1) is 13.4. The Hall–Kier alpha value is -0.650. The predicted octanol–water partition coefficient (Wildman–Crippen LogP) is -0.295. The largest absolute Gasteiger partial charge is 0.396 e. The summed E-state index contributed by atoms with van der Waals surface area (Å²) in [5.74, 6) is 5.85. The van der Waals surface area contributed by atoms with Crippen molar-refractivity contribution in [1.29, 1.82) is 0 Å². The quantitative estimate of drug-likeness (QED) is 0.344. The lowest BCUT2D eigenvalue weighted by Gasteiger charge is -2.29. The molecule has 4 N–H and O–H groups in total. The first-order valence-electron chi connectivity index (χ1n) is 5.95. The van der Waals surface area contributed by atoms with Crippen molar-refractivity contribution in [2.45, 2.75) is 32.7 Å². The molecule has 1 fully saturated rings. The van der Waals surface area contributed by atoms with Gasteiger partial charge in [-0.2, -0.15) is 0 Å². The van der Waals surface area contributed by atoms with Crippen LogP contribution in [0.25, 0.3) is 0 Å². The summed E-state index contributed by atoms with van der Waals surface area (Å²) in [5, 5.41) is 8.90. The number of hydrazine groups is 1. The van der Waals surface area contributed by atoms with E-state index in [4.69, 9.17) is 10.9 Å². The fourth-order valence-electron chi connectivity index (χ4n) is 2.51. The van der Waals surface area contributed by atoms with Crippen LogP contribution in [0.5, 0.6) is 0 Å². The minimum absolute atomic E-state index is 0.111. The van der Waals surface area contributed by atoms with Crippen molar-refractivity contribution in [3.05, 3.63) is 0 Å². The van der Waals surface area contributed by atoms with E-state index >= 15 is 0 Å². The Bertz CT molecular complexity index is 233. The lowest BCUT2D eigenvalue weighted by molar-refractivity contribution is -0.127. The van der Waals surface area contributed by atoms with Gasteiger partial charge in [-0.3, -0.25) is 15.1 Å². The highest BCUT2D eigenvalue weighted by molar-refractivity contribution is 5.81. The van der Waals surface area contributed by atoms with Crippen molar-refractivity contribution in [2.24, 2.45) is 17.7 Å². The number of hydrogen-bond donors (Lipinski definition) is 3. The smallest absolute Gasteiger partial charge is 0.251 e. The molecule has 0 aromatic carbocycles. The molecule has 1 amide bonds. The summed E-state index contributed by atoms with van der Waals surface area (Å²) in [7, 11) is 0. The van der Waals surface area contributed by atoms with Crippen LogP contribution in [-0.4, -0.2) is 41.7 Å². The summed E-state index contributed by atoms with van der Waals surface area (Å²) in [6, 6.07) is -0.145. The van der Waals surface area contributed by atoms with Gasteiger partial charge in [-0.05, 0) is 31.2 Å². The molecule has 0 bridgehead atoms. The van der Waals surface area contributed by atoms with Gasteiger partial charge in [0.2, 0.25) is 0 Å². The van der Waals surface area contributed by atoms with Gasteiger partial charge < -0.3 is 5.11 Å². The molecule has 0 radical (unpaired) electrons. The molecule has 0 aromatic heterocycles. The van der Waals surface area contributed by atoms with E-state index < -0.39 is 0 Å². The first-order chi connectivity index (χ1) is 7.60. The highest BCUT2D eigenvalue weighted by Gasteiger charge is 2.33. The molecule has 94 valence electrons. The normalized spacial score (nSPS) is 23.7. The van der Waals surface area contributed by atoms with Crippen LogP contribution in [-0.2, 0) is 4.79 Å². The second-order valence-corrected chi connectivity index (χ2v) is 4.86. The third-order valence-corrected chi connectivity index (χ3v) is 3.29. The summed E-state index contributed by atoms with van der Waals surface area (Å²) in [4.78, 5) is 13.9. The summed E-state index contributed by atoms with van der Waals surface area (Å²) in [5.41, 5.74) is 2.24. The third kappa shape index (κ3) is 3.17. The summed E-state index contributed by atoms with van der Waals surface area (Å²) in [6.07, 6.45) is 1.88. The summed E-state index contributed by atoms with van der Waals surface area (Å²) < 4.78 is 0. The number of rotatable bonds is 5. The van der Waals surface area contributed by atoms with Crippen LogP contribution >= 0.6 is 0 Å². The molecule has 0 spiro atoms. The number of likely N-dealkylation sites (tertiary alicyclic amines) is 1. The minimum Gasteiger partial charge on any atom is -0.396 e. The maximum Gasteiger partial charge on any atom is 0.251 e. The van der Waals surface area contributed by atoms with Crippen LogP contribution in [0, 0.1) is 11.8 Å². The van der Waals surface area contributed by atoms with Crippen molar-refractivity contribution < 1.29 is 9.90 Å². The highest BCUT2D eigenvalue weighted by Crippen LogP contribution is 2.24. The van der Waals surface area contributed by atoms with E-state index in [2.05, 4.69) is 10.3 Å². The molecule has 1 saturated heterocycles. The molecular formula is C11H23N3O2. The molecule has 1 aliphatic rings. The first-order valence-corrected chi connectivity index (χ1v) is 5.95. The number of nitrogens with two attached hydrogens (primary N) is 1. The van der Waals surface area contributed by atoms with Gasteiger partial charge in [-0.15, -0.1) is 0 Å². The van der Waals surface area contributed by atoms with Gasteiger partial charge in [0.25, 0.3) is 5.91 Å². The fraction of sp³-hybridized carbons (Fsp3) is 0.909. The zero-order chi connectivity index (χ0) is 12.1. The Kier molecular flexibility index (Phi) is 5.18. The Morgan fingerprint density at radius 3 is 2.81 bits per heavy atom. The minimum atomic E-state index is -0.145. The Morgan fingerprint density at radius 1 is 1.62 bits per heavy atom. The number of carbonyl (C=O) groups is 1. The zero-order valence-corrected chi connectivity index (χ0v) is 10.1. The third-order valence-electron chi connectivity index (χ3n) is 3.29. The van der Waals surface area contributed by atoms with E-state index in [1.807, 2.05) is 13.8 Å². The average molecular weight is 229 g/mol. The second kappa shape index (κ2) is 6.18. The van der Waals surface area contributed by atoms with Crippen LogP contribution in [0.4, 0.5) is 0 Å². The fourth-order valence-corrected chi connectivity index (χ4v) is 2.51. The van der Waals surface area contributed by atoms with Crippen molar-refractivity contribution in [3.63, 3.8) is 0 Å². The monoisotopic (exact) mass is 229 g/mol. The van der Waals surface area contributed by atoms with Gasteiger partial charge in [0.05, 0.1) is 6.04 Å². The van der Waals surface area contributed by atoms with Gasteiger partial charge >= 0.3 is 0 Å². The van der Waals surface area contributed by atoms with Crippen LogP contribution in [0.15, 0.2) is 0 Å². The van der Waals surface area contributed by atoms with Crippen LogP contribution in [0.1, 0.15) is 26.7 Å². The van der Waals surface area contributed by atoms with E-state index in [0.717, 1.165) is 25.9 Å². The van der Waals surface area contributed by atoms with Gasteiger partial charge in [0, 0.05) is 13.2 Å². The number of aliphatic hydroxyl groups excluding tert-OH is 1. The second-order valence-electron chi connectivity index (χ2n) is 4.86. The lowest BCUT2D eigenvalue weighted by atomic mass is 10.0. The maximum absolute atomic E-state index is 11.7. The van der Waals surface area contributed by atoms with E-state index in [0.29, 0.717) is 5.92 Å². The molecule has 5 nitrogen and oxygen atoms in total. The van der Waals surface area contributed by atoms with Gasteiger partial charge in [0.15, 0.2) is 0 Å². The Balaban J connectivity index is 2.57. The maximum atomic E-state index is 11.7. The predicted molar refractivity (Wildman–Crippen MR) is 62.3 cm³/mol. The van der Waals surface area contributed by atoms with Crippen molar-refractivity contribution in [1.82, 2.24) is 10.3 Å². The van der Waals surface area contributed by atoms with Gasteiger partial charge in [-0.25, -0.2) is 5.84 Å². The van der Waals surface area contributed by atoms with Crippen LogP contribution in [0.2, 0.25) is 0 Å². The van der Waals surface area contributed by atoms with E-state index in [-0.39, 0.29) is 24.5 Å². The Labute approximate surface area is 97.0 Å².